The molecule has 1 fully saturated rings. The molecule has 172 valence electrons. The maximum Gasteiger partial charge on any atom is 0.270 e. The van der Waals surface area contributed by atoms with Crippen LogP contribution in [0.1, 0.15) is 36.9 Å². The number of piperidine rings is 1. The standard InChI is InChI=1S/C21H23F2N3O5S/c1-13-3-5-17(26(28)29)12-20(13)32(30,31)25-9-7-15(8-10-25)21(27)24-14(2)16-4-6-18(22)19(23)11-16/h3-6,11-12,14-15H,7-10H2,1-2H3,(H,24,27). The number of sulfonamides is 1. The van der Waals surface area contributed by atoms with Gasteiger partial charge in [-0.2, -0.15) is 4.31 Å². The second-order valence-electron chi connectivity index (χ2n) is 7.79. The van der Waals surface area contributed by atoms with Gasteiger partial charge in [0.1, 0.15) is 0 Å². The summed E-state index contributed by atoms with van der Waals surface area (Å²) in [6.45, 7) is 3.38. The lowest BCUT2D eigenvalue weighted by Gasteiger charge is -2.31. The highest BCUT2D eigenvalue weighted by Gasteiger charge is 2.34. The summed E-state index contributed by atoms with van der Waals surface area (Å²) in [5, 5.41) is 13.8. The van der Waals surface area contributed by atoms with Crippen molar-refractivity contribution in [3.8, 4) is 0 Å². The van der Waals surface area contributed by atoms with E-state index >= 15 is 0 Å². The second-order valence-corrected chi connectivity index (χ2v) is 9.70. The van der Waals surface area contributed by atoms with Crippen LogP contribution in [0.25, 0.3) is 0 Å². The third-order valence-corrected chi connectivity index (χ3v) is 7.67. The van der Waals surface area contributed by atoms with Gasteiger partial charge in [-0.3, -0.25) is 14.9 Å². The molecule has 8 nitrogen and oxygen atoms in total. The molecule has 1 aliphatic rings. The lowest BCUT2D eigenvalue weighted by molar-refractivity contribution is -0.385. The van der Waals surface area contributed by atoms with Gasteiger partial charge in [0.05, 0.1) is 15.9 Å². The molecule has 0 spiro atoms. The largest absolute Gasteiger partial charge is 0.349 e. The number of non-ortho nitro benzene ring substituents is 1. The molecule has 0 radical (unpaired) electrons. The van der Waals surface area contributed by atoms with Crippen LogP contribution < -0.4 is 5.32 Å². The van der Waals surface area contributed by atoms with Crippen molar-refractivity contribution in [3.05, 3.63) is 69.3 Å². The molecule has 2 aromatic carbocycles. The van der Waals surface area contributed by atoms with Crippen LogP contribution in [0.3, 0.4) is 0 Å². The van der Waals surface area contributed by atoms with Crippen LogP contribution in [0, 0.1) is 34.6 Å². The zero-order chi connectivity index (χ0) is 23.6. The average molecular weight is 467 g/mol. The molecular formula is C21H23F2N3O5S. The summed E-state index contributed by atoms with van der Waals surface area (Å²) in [5.74, 6) is -2.72. The molecular weight excluding hydrogens is 444 g/mol. The van der Waals surface area contributed by atoms with E-state index in [1.165, 1.54) is 22.5 Å². The second kappa shape index (κ2) is 9.29. The highest BCUT2D eigenvalue weighted by atomic mass is 32.2. The van der Waals surface area contributed by atoms with E-state index in [4.69, 9.17) is 0 Å². The molecule has 1 N–H and O–H groups in total. The lowest BCUT2D eigenvalue weighted by atomic mass is 9.96. The summed E-state index contributed by atoms with van der Waals surface area (Å²) in [6, 6.07) is 6.55. The molecule has 0 bridgehead atoms. The summed E-state index contributed by atoms with van der Waals surface area (Å²) in [5.41, 5.74) is 0.504. The number of nitro benzene ring substituents is 1. The maximum absolute atomic E-state index is 13.4. The van der Waals surface area contributed by atoms with Crippen LogP contribution in [0.4, 0.5) is 14.5 Å². The van der Waals surface area contributed by atoms with Crippen LogP contribution in [0.5, 0.6) is 0 Å². The molecule has 32 heavy (non-hydrogen) atoms. The van der Waals surface area contributed by atoms with Gasteiger partial charge in [0.15, 0.2) is 11.6 Å². The van der Waals surface area contributed by atoms with Crippen LogP contribution >= 0.6 is 0 Å². The van der Waals surface area contributed by atoms with Crippen molar-refractivity contribution >= 4 is 21.6 Å². The zero-order valence-electron chi connectivity index (χ0n) is 17.5. The molecule has 1 unspecified atom stereocenters. The minimum atomic E-state index is -3.95. The summed E-state index contributed by atoms with van der Waals surface area (Å²) >= 11 is 0. The fourth-order valence-corrected chi connectivity index (χ4v) is 5.39. The third kappa shape index (κ3) is 4.94. The Balaban J connectivity index is 1.65. The van der Waals surface area contributed by atoms with Crippen molar-refractivity contribution in [2.24, 2.45) is 5.92 Å². The number of halogens is 2. The fraction of sp³-hybridized carbons (Fsp3) is 0.381. The van der Waals surface area contributed by atoms with E-state index < -0.39 is 38.5 Å². The van der Waals surface area contributed by atoms with Crippen molar-refractivity contribution in [2.45, 2.75) is 37.6 Å². The number of nitrogens with zero attached hydrogens (tertiary/aromatic N) is 2. The normalized spacial score (nSPS) is 16.5. The van der Waals surface area contributed by atoms with E-state index in [1.807, 2.05) is 0 Å². The minimum absolute atomic E-state index is 0.0854. The first-order valence-electron chi connectivity index (χ1n) is 10.0. The number of amides is 1. The number of nitro groups is 1. The highest BCUT2D eigenvalue weighted by Crippen LogP contribution is 2.29. The Labute approximate surface area is 184 Å². The molecule has 11 heteroatoms. The van der Waals surface area contributed by atoms with Gasteiger partial charge < -0.3 is 5.32 Å². The van der Waals surface area contributed by atoms with E-state index in [0.717, 1.165) is 18.2 Å². The number of hydrogen-bond acceptors (Lipinski definition) is 5. The summed E-state index contributed by atoms with van der Waals surface area (Å²) in [6.07, 6.45) is 0.535. The predicted octanol–water partition coefficient (Wildman–Crippen LogP) is 3.46. The number of nitrogens with one attached hydrogen (secondary N) is 1. The van der Waals surface area contributed by atoms with Crippen molar-refractivity contribution in [3.63, 3.8) is 0 Å². The van der Waals surface area contributed by atoms with Crippen molar-refractivity contribution in [1.29, 1.82) is 0 Å². The Hall–Kier alpha value is -2.92. The van der Waals surface area contributed by atoms with Crippen molar-refractivity contribution in [2.75, 3.05) is 13.1 Å². The van der Waals surface area contributed by atoms with Gasteiger partial charge in [-0.15, -0.1) is 0 Å². The molecule has 0 aliphatic carbocycles. The Bertz CT molecular complexity index is 1150. The first-order chi connectivity index (χ1) is 15.0. The van der Waals surface area contributed by atoms with Crippen molar-refractivity contribution in [1.82, 2.24) is 9.62 Å². The van der Waals surface area contributed by atoms with Crippen LogP contribution in [0.2, 0.25) is 0 Å². The zero-order valence-corrected chi connectivity index (χ0v) is 18.4. The molecule has 1 heterocycles. The summed E-state index contributed by atoms with van der Waals surface area (Å²) < 4.78 is 53.8. The van der Waals surface area contributed by atoms with Gasteiger partial charge in [0.2, 0.25) is 15.9 Å². The average Bonchev–Trinajstić information content (AvgIpc) is 2.75. The first-order valence-corrected chi connectivity index (χ1v) is 11.4. The van der Waals surface area contributed by atoms with Gasteiger partial charge in [0.25, 0.3) is 5.69 Å². The molecule has 2 aromatic rings. The Kier molecular flexibility index (Phi) is 6.89. The van der Waals surface area contributed by atoms with Crippen LogP contribution in [-0.4, -0.2) is 36.6 Å². The van der Waals surface area contributed by atoms with Crippen LogP contribution in [0.15, 0.2) is 41.3 Å². The molecule has 0 saturated carbocycles. The number of carbonyl (C=O) groups is 1. The van der Waals surface area contributed by atoms with Crippen LogP contribution in [-0.2, 0) is 14.8 Å². The molecule has 1 atom stereocenters. The number of aryl methyl sites for hydroxylation is 1. The van der Waals surface area contributed by atoms with E-state index in [1.54, 1.807) is 13.8 Å². The van der Waals surface area contributed by atoms with E-state index in [9.17, 15) is 32.1 Å². The maximum atomic E-state index is 13.4. The fourth-order valence-electron chi connectivity index (χ4n) is 3.67. The number of hydrogen-bond donors (Lipinski definition) is 1. The molecule has 1 aliphatic heterocycles. The van der Waals surface area contributed by atoms with E-state index in [2.05, 4.69) is 5.32 Å². The van der Waals surface area contributed by atoms with E-state index in [0.29, 0.717) is 11.1 Å². The van der Waals surface area contributed by atoms with Gasteiger partial charge in [-0.1, -0.05) is 12.1 Å². The Morgan fingerprint density at radius 3 is 2.41 bits per heavy atom. The van der Waals surface area contributed by atoms with Gasteiger partial charge in [-0.25, -0.2) is 17.2 Å². The quantitative estimate of drug-likeness (QED) is 0.517. The number of benzene rings is 2. The number of rotatable bonds is 6. The highest BCUT2D eigenvalue weighted by molar-refractivity contribution is 7.89. The lowest BCUT2D eigenvalue weighted by Crippen LogP contribution is -2.43. The Morgan fingerprint density at radius 2 is 1.81 bits per heavy atom. The molecule has 1 saturated heterocycles. The van der Waals surface area contributed by atoms with Gasteiger partial charge in [0, 0.05) is 31.1 Å². The topological polar surface area (TPSA) is 110 Å². The smallest absolute Gasteiger partial charge is 0.270 e. The summed E-state index contributed by atoms with van der Waals surface area (Å²) in [4.78, 5) is 22.9. The predicted molar refractivity (Wildman–Crippen MR) is 112 cm³/mol. The number of carbonyl (C=O) groups excluding carboxylic acids is 1. The summed E-state index contributed by atoms with van der Waals surface area (Å²) in [7, 11) is -3.95. The minimum Gasteiger partial charge on any atom is -0.349 e. The Morgan fingerprint density at radius 1 is 1.16 bits per heavy atom. The SMILES string of the molecule is Cc1ccc([N+](=O)[O-])cc1S(=O)(=O)N1CCC(C(=O)NC(C)c2ccc(F)c(F)c2)CC1. The van der Waals surface area contributed by atoms with Gasteiger partial charge >= 0.3 is 0 Å². The van der Waals surface area contributed by atoms with Crippen molar-refractivity contribution < 1.29 is 26.9 Å². The molecule has 3 rings (SSSR count). The molecule has 0 aromatic heterocycles. The first kappa shape index (κ1) is 23.7. The third-order valence-electron chi connectivity index (χ3n) is 5.63. The van der Waals surface area contributed by atoms with Gasteiger partial charge in [-0.05, 0) is 49.9 Å². The molecule has 1 amide bonds. The monoisotopic (exact) mass is 467 g/mol. The van der Waals surface area contributed by atoms with E-state index in [-0.39, 0.29) is 42.4 Å².